The first-order valence-corrected chi connectivity index (χ1v) is 16.0. The zero-order valence-electron chi connectivity index (χ0n) is 24.0. The van der Waals surface area contributed by atoms with Crippen molar-refractivity contribution in [3.05, 3.63) is 12.4 Å². The lowest BCUT2D eigenvalue weighted by Gasteiger charge is -2.30. The maximum Gasteiger partial charge on any atom is 0.100 e. The molecule has 202 valence electrons. The molecule has 0 saturated heterocycles. The van der Waals surface area contributed by atoms with E-state index in [1.807, 2.05) is 0 Å². The first kappa shape index (κ1) is 31.4. The van der Waals surface area contributed by atoms with Gasteiger partial charge in [0.2, 0.25) is 0 Å². The molecule has 0 aromatic heterocycles. The molecule has 0 aromatic rings. The van der Waals surface area contributed by atoms with Gasteiger partial charge in [0.05, 0.1) is 0 Å². The van der Waals surface area contributed by atoms with Crippen molar-refractivity contribution < 1.29 is 0 Å². The summed E-state index contributed by atoms with van der Waals surface area (Å²) in [6.07, 6.45) is 41.1. The number of nitrogens with zero attached hydrogens (tertiary/aromatic N) is 2. The summed E-state index contributed by atoms with van der Waals surface area (Å²) < 4.78 is 0. The van der Waals surface area contributed by atoms with Gasteiger partial charge in [0, 0.05) is 26.0 Å². The highest BCUT2D eigenvalue weighted by Crippen LogP contribution is 2.21. The minimum atomic E-state index is 0.621. The van der Waals surface area contributed by atoms with Crippen LogP contribution in [-0.2, 0) is 0 Å². The molecule has 1 rings (SSSR count). The Labute approximate surface area is 216 Å². The van der Waals surface area contributed by atoms with Crippen molar-refractivity contribution >= 4 is 0 Å². The lowest BCUT2D eigenvalue weighted by Crippen LogP contribution is -2.37. The molecule has 0 spiro atoms. The second-order valence-corrected chi connectivity index (χ2v) is 11.2. The van der Waals surface area contributed by atoms with Gasteiger partial charge in [-0.3, -0.25) is 0 Å². The fourth-order valence-electron chi connectivity index (χ4n) is 5.52. The van der Waals surface area contributed by atoms with E-state index in [-0.39, 0.29) is 0 Å². The van der Waals surface area contributed by atoms with Gasteiger partial charge in [0.15, 0.2) is 0 Å². The second kappa shape index (κ2) is 24.1. The van der Waals surface area contributed by atoms with E-state index in [0.29, 0.717) is 6.17 Å². The van der Waals surface area contributed by atoms with Crippen molar-refractivity contribution in [1.82, 2.24) is 9.80 Å². The lowest BCUT2D eigenvalue weighted by atomic mass is 10.0. The largest absolute Gasteiger partial charge is 0.359 e. The molecule has 1 aliphatic rings. The third-order valence-electron chi connectivity index (χ3n) is 7.93. The molecule has 0 N–H and O–H groups in total. The quantitative estimate of drug-likeness (QED) is 0.114. The van der Waals surface area contributed by atoms with Gasteiger partial charge in [-0.25, -0.2) is 0 Å². The van der Waals surface area contributed by atoms with Gasteiger partial charge in [0.25, 0.3) is 0 Å². The number of rotatable bonds is 26. The van der Waals surface area contributed by atoms with Crippen molar-refractivity contribution in [3.8, 4) is 0 Å². The Balaban J connectivity index is 1.91. The molecule has 2 heteroatoms. The van der Waals surface area contributed by atoms with Gasteiger partial charge < -0.3 is 9.80 Å². The predicted octanol–water partition coefficient (Wildman–Crippen LogP) is 10.8. The van der Waals surface area contributed by atoms with E-state index >= 15 is 0 Å². The molecule has 0 saturated carbocycles. The SMILES string of the molecule is CCCCCCCCCCCCCCCN1C=CN(C)C1CCCCCCCCCCCCC. The molecule has 1 heterocycles. The van der Waals surface area contributed by atoms with Crippen LogP contribution in [0.15, 0.2) is 12.4 Å². The van der Waals surface area contributed by atoms with Crippen LogP contribution in [0.2, 0.25) is 0 Å². The molecular weight excluding hydrogens is 412 g/mol. The van der Waals surface area contributed by atoms with E-state index < -0.39 is 0 Å². The Morgan fingerprint density at radius 2 is 0.794 bits per heavy atom. The van der Waals surface area contributed by atoms with E-state index in [9.17, 15) is 0 Å². The molecule has 1 unspecified atom stereocenters. The average molecular weight is 477 g/mol. The molecule has 0 aliphatic carbocycles. The van der Waals surface area contributed by atoms with Gasteiger partial charge >= 0.3 is 0 Å². The van der Waals surface area contributed by atoms with E-state index in [4.69, 9.17) is 0 Å². The van der Waals surface area contributed by atoms with Crippen LogP contribution in [0.1, 0.15) is 174 Å². The molecular formula is C32H64N2. The highest BCUT2D eigenvalue weighted by atomic mass is 15.4. The zero-order chi connectivity index (χ0) is 24.5. The Hall–Kier alpha value is -0.660. The normalized spacial score (nSPS) is 15.7. The summed E-state index contributed by atoms with van der Waals surface area (Å²) >= 11 is 0. The van der Waals surface area contributed by atoms with Gasteiger partial charge in [0.1, 0.15) is 6.17 Å². The van der Waals surface area contributed by atoms with E-state index in [1.165, 1.54) is 167 Å². The van der Waals surface area contributed by atoms with Crippen LogP contribution in [0.4, 0.5) is 0 Å². The number of hydrogen-bond acceptors (Lipinski definition) is 2. The predicted molar refractivity (Wildman–Crippen MR) is 154 cm³/mol. The summed E-state index contributed by atoms with van der Waals surface area (Å²) in [6, 6.07) is 0. The van der Waals surface area contributed by atoms with E-state index in [1.54, 1.807) is 0 Å². The summed E-state index contributed by atoms with van der Waals surface area (Å²) in [7, 11) is 2.27. The highest BCUT2D eigenvalue weighted by Gasteiger charge is 2.22. The standard InChI is InChI=1S/C32H64N2/c1-4-6-8-10-12-14-16-17-19-21-23-25-27-29-34-31-30-33(3)32(34)28-26-24-22-20-18-15-13-11-9-7-5-2/h30-32H,4-29H2,1-3H3. The summed E-state index contributed by atoms with van der Waals surface area (Å²) in [6.45, 7) is 5.86. The molecule has 0 amide bonds. The molecule has 1 aliphatic heterocycles. The molecule has 1 atom stereocenters. The fourth-order valence-corrected chi connectivity index (χ4v) is 5.52. The first-order chi connectivity index (χ1) is 16.8. The van der Waals surface area contributed by atoms with Crippen LogP contribution in [-0.4, -0.2) is 29.6 Å². The maximum atomic E-state index is 2.62. The number of unbranched alkanes of at least 4 members (excludes halogenated alkanes) is 22. The number of hydrogen-bond donors (Lipinski definition) is 0. The van der Waals surface area contributed by atoms with Crippen molar-refractivity contribution in [2.45, 2.75) is 181 Å². The van der Waals surface area contributed by atoms with Gasteiger partial charge in [-0.15, -0.1) is 0 Å². The molecule has 0 fully saturated rings. The van der Waals surface area contributed by atoms with Crippen LogP contribution < -0.4 is 0 Å². The van der Waals surface area contributed by atoms with Crippen LogP contribution in [0.25, 0.3) is 0 Å². The maximum absolute atomic E-state index is 2.62. The summed E-state index contributed by atoms with van der Waals surface area (Å²) in [5.74, 6) is 0. The van der Waals surface area contributed by atoms with Gasteiger partial charge in [-0.1, -0.05) is 155 Å². The van der Waals surface area contributed by atoms with Crippen LogP contribution in [0.3, 0.4) is 0 Å². The van der Waals surface area contributed by atoms with Gasteiger partial charge in [-0.2, -0.15) is 0 Å². The Morgan fingerprint density at radius 1 is 0.441 bits per heavy atom. The smallest absolute Gasteiger partial charge is 0.100 e. The van der Waals surface area contributed by atoms with Crippen LogP contribution >= 0.6 is 0 Å². The second-order valence-electron chi connectivity index (χ2n) is 11.2. The Morgan fingerprint density at radius 3 is 1.21 bits per heavy atom. The molecule has 0 bridgehead atoms. The summed E-state index contributed by atoms with van der Waals surface area (Å²) in [4.78, 5) is 5.06. The first-order valence-electron chi connectivity index (χ1n) is 16.0. The molecule has 2 nitrogen and oxygen atoms in total. The van der Waals surface area contributed by atoms with Gasteiger partial charge in [-0.05, 0) is 19.3 Å². The van der Waals surface area contributed by atoms with Crippen LogP contribution in [0.5, 0.6) is 0 Å². The molecule has 34 heavy (non-hydrogen) atoms. The summed E-state index contributed by atoms with van der Waals surface area (Å²) in [5, 5.41) is 0. The van der Waals surface area contributed by atoms with Crippen LogP contribution in [0, 0.1) is 0 Å². The van der Waals surface area contributed by atoms with E-state index in [0.717, 1.165) is 0 Å². The third kappa shape index (κ3) is 17.7. The Kier molecular flexibility index (Phi) is 22.2. The topological polar surface area (TPSA) is 6.48 Å². The minimum Gasteiger partial charge on any atom is -0.359 e. The lowest BCUT2D eigenvalue weighted by molar-refractivity contribution is 0.159. The fraction of sp³-hybridized carbons (Fsp3) is 0.938. The molecule has 0 radical (unpaired) electrons. The average Bonchev–Trinajstić information content (AvgIpc) is 3.19. The Bertz CT molecular complexity index is 433. The zero-order valence-corrected chi connectivity index (χ0v) is 24.0. The highest BCUT2D eigenvalue weighted by molar-refractivity contribution is 4.95. The van der Waals surface area contributed by atoms with Crippen molar-refractivity contribution in [3.63, 3.8) is 0 Å². The molecule has 0 aromatic carbocycles. The van der Waals surface area contributed by atoms with Crippen molar-refractivity contribution in [2.24, 2.45) is 0 Å². The van der Waals surface area contributed by atoms with Crippen molar-refractivity contribution in [2.75, 3.05) is 13.6 Å². The summed E-state index contributed by atoms with van der Waals surface area (Å²) in [5.41, 5.74) is 0. The monoisotopic (exact) mass is 477 g/mol. The minimum absolute atomic E-state index is 0.621. The van der Waals surface area contributed by atoms with E-state index in [2.05, 4.69) is 43.1 Å². The van der Waals surface area contributed by atoms with Crippen molar-refractivity contribution in [1.29, 1.82) is 0 Å². The third-order valence-corrected chi connectivity index (χ3v) is 7.93.